The van der Waals surface area contributed by atoms with Crippen LogP contribution in [0.25, 0.3) is 0 Å². The van der Waals surface area contributed by atoms with Crippen molar-refractivity contribution >= 4 is 0 Å². The molecule has 26 heavy (non-hydrogen) atoms. The van der Waals surface area contributed by atoms with Crippen LogP contribution in [0, 0.1) is 5.82 Å². The second kappa shape index (κ2) is 11.1. The predicted molar refractivity (Wildman–Crippen MR) is 99.6 cm³/mol. The number of methoxy groups -OCH3 is 2. The highest BCUT2D eigenvalue weighted by molar-refractivity contribution is 5.18. The number of ether oxygens (including phenoxy) is 2. The average molecular weight is 364 g/mol. The molecule has 0 aliphatic rings. The van der Waals surface area contributed by atoms with E-state index < -0.39 is 6.10 Å². The second-order valence-electron chi connectivity index (χ2n) is 6.45. The number of aliphatic hydroxyl groups is 1. The summed E-state index contributed by atoms with van der Waals surface area (Å²) in [6.07, 6.45) is 2.36. The number of aliphatic hydroxyl groups excluding tert-OH is 1. The summed E-state index contributed by atoms with van der Waals surface area (Å²) in [7, 11) is 3.27. The van der Waals surface area contributed by atoms with Crippen molar-refractivity contribution in [1.82, 2.24) is 9.47 Å². The summed E-state index contributed by atoms with van der Waals surface area (Å²) in [6, 6.07) is 10.7. The molecule has 0 saturated carbocycles. The van der Waals surface area contributed by atoms with Gasteiger partial charge in [0.25, 0.3) is 0 Å². The minimum atomic E-state index is -0.533. The van der Waals surface area contributed by atoms with Crippen molar-refractivity contribution in [2.75, 3.05) is 40.5 Å². The lowest BCUT2D eigenvalue weighted by Gasteiger charge is -2.25. The first kappa shape index (κ1) is 20.6. The van der Waals surface area contributed by atoms with Crippen LogP contribution in [0.4, 0.5) is 4.39 Å². The zero-order chi connectivity index (χ0) is 18.8. The van der Waals surface area contributed by atoms with Crippen molar-refractivity contribution in [3.05, 3.63) is 59.7 Å². The van der Waals surface area contributed by atoms with Crippen molar-refractivity contribution in [3.8, 4) is 0 Å². The van der Waals surface area contributed by atoms with Gasteiger partial charge < -0.3 is 19.1 Å². The molecule has 0 radical (unpaired) electrons. The first-order valence-electron chi connectivity index (χ1n) is 8.89. The highest BCUT2D eigenvalue weighted by Crippen LogP contribution is 2.12. The molecule has 2 aromatic rings. The summed E-state index contributed by atoms with van der Waals surface area (Å²) in [5.74, 6) is -0.222. The third-order valence-electron chi connectivity index (χ3n) is 4.20. The predicted octanol–water partition coefficient (Wildman–Crippen LogP) is 2.52. The molecule has 0 spiro atoms. The Bertz CT molecular complexity index is 647. The molecule has 0 amide bonds. The fraction of sp³-hybridized carbons (Fsp3) is 0.500. The first-order valence-corrected chi connectivity index (χ1v) is 8.89. The normalized spacial score (nSPS) is 12.7. The maximum atomic E-state index is 13.4. The van der Waals surface area contributed by atoms with Gasteiger partial charge in [0, 0.05) is 58.9 Å². The first-order chi connectivity index (χ1) is 12.6. The number of hydrogen-bond acceptors (Lipinski definition) is 4. The van der Waals surface area contributed by atoms with E-state index in [1.165, 1.54) is 6.07 Å². The van der Waals surface area contributed by atoms with Crippen LogP contribution in [0.2, 0.25) is 0 Å². The summed E-state index contributed by atoms with van der Waals surface area (Å²) in [5, 5.41) is 10.1. The van der Waals surface area contributed by atoms with Crippen molar-refractivity contribution < 1.29 is 19.0 Å². The molecule has 1 atom stereocenters. The van der Waals surface area contributed by atoms with E-state index in [4.69, 9.17) is 9.47 Å². The van der Waals surface area contributed by atoms with Crippen LogP contribution >= 0.6 is 0 Å². The smallest absolute Gasteiger partial charge is 0.123 e. The molecule has 1 aromatic carbocycles. The van der Waals surface area contributed by atoms with Crippen molar-refractivity contribution in [3.63, 3.8) is 0 Å². The van der Waals surface area contributed by atoms with Crippen LogP contribution in [0.15, 0.2) is 42.6 Å². The molecule has 1 heterocycles. The van der Waals surface area contributed by atoms with E-state index in [9.17, 15) is 9.50 Å². The monoisotopic (exact) mass is 364 g/mol. The van der Waals surface area contributed by atoms with Crippen molar-refractivity contribution in [2.45, 2.75) is 25.6 Å². The highest BCUT2D eigenvalue weighted by Gasteiger charge is 2.14. The molecule has 1 N–H and O–H groups in total. The van der Waals surface area contributed by atoms with Crippen LogP contribution in [0.5, 0.6) is 0 Å². The Balaban J connectivity index is 2.03. The van der Waals surface area contributed by atoms with Gasteiger partial charge >= 0.3 is 0 Å². The molecule has 6 heteroatoms. The van der Waals surface area contributed by atoms with Crippen molar-refractivity contribution in [1.29, 1.82) is 0 Å². The molecule has 0 aliphatic heterocycles. The minimum absolute atomic E-state index is 0.222. The van der Waals surface area contributed by atoms with Gasteiger partial charge in [-0.25, -0.2) is 4.39 Å². The van der Waals surface area contributed by atoms with Crippen LogP contribution < -0.4 is 0 Å². The summed E-state index contributed by atoms with van der Waals surface area (Å²) in [4.78, 5) is 2.19. The van der Waals surface area contributed by atoms with E-state index in [2.05, 4.69) is 15.5 Å². The topological polar surface area (TPSA) is 46.9 Å². The Kier molecular flexibility index (Phi) is 8.77. The molecule has 1 unspecified atom stereocenters. The van der Waals surface area contributed by atoms with Gasteiger partial charge in [-0.1, -0.05) is 12.1 Å². The second-order valence-corrected chi connectivity index (χ2v) is 6.45. The van der Waals surface area contributed by atoms with Gasteiger partial charge in [0.2, 0.25) is 0 Å². The van der Waals surface area contributed by atoms with E-state index in [0.29, 0.717) is 32.8 Å². The molecule has 144 valence electrons. The van der Waals surface area contributed by atoms with Crippen molar-refractivity contribution in [2.24, 2.45) is 0 Å². The maximum Gasteiger partial charge on any atom is 0.123 e. The van der Waals surface area contributed by atoms with Gasteiger partial charge in [-0.15, -0.1) is 0 Å². The van der Waals surface area contributed by atoms with Gasteiger partial charge in [-0.2, -0.15) is 0 Å². The van der Waals surface area contributed by atoms with E-state index in [0.717, 1.165) is 24.2 Å². The van der Waals surface area contributed by atoms with Crippen LogP contribution in [0.1, 0.15) is 17.7 Å². The molecular formula is C20H29FN2O3. The number of nitrogens with zero attached hydrogens (tertiary/aromatic N) is 2. The summed E-state index contributed by atoms with van der Waals surface area (Å²) in [6.45, 7) is 3.66. The molecule has 0 aliphatic carbocycles. The lowest BCUT2D eigenvalue weighted by molar-refractivity contribution is 0.0332. The standard InChI is InChI=1S/C20H29FN2O3/c1-25-11-5-9-22(15-20(24)16-26-2)14-19-8-4-10-23(19)13-17-6-3-7-18(21)12-17/h3-4,6-8,10,12,20,24H,5,9,11,13-16H2,1-2H3. The molecule has 0 fully saturated rings. The molecule has 1 aromatic heterocycles. The largest absolute Gasteiger partial charge is 0.389 e. The SMILES string of the molecule is COCCCN(Cc1cccn1Cc1cccc(F)c1)CC(O)COC. The Morgan fingerprint density at radius 1 is 1.19 bits per heavy atom. The summed E-state index contributed by atoms with van der Waals surface area (Å²) >= 11 is 0. The summed E-state index contributed by atoms with van der Waals surface area (Å²) < 4.78 is 25.7. The number of rotatable bonds is 12. The zero-order valence-corrected chi connectivity index (χ0v) is 15.6. The Hall–Kier alpha value is -1.73. The Morgan fingerprint density at radius 3 is 2.77 bits per heavy atom. The highest BCUT2D eigenvalue weighted by atomic mass is 19.1. The molecule has 0 saturated heterocycles. The quantitative estimate of drug-likeness (QED) is 0.588. The lowest BCUT2D eigenvalue weighted by Crippen LogP contribution is -2.36. The Morgan fingerprint density at radius 2 is 2.04 bits per heavy atom. The number of hydrogen-bond donors (Lipinski definition) is 1. The minimum Gasteiger partial charge on any atom is -0.389 e. The fourth-order valence-corrected chi connectivity index (χ4v) is 3.02. The average Bonchev–Trinajstić information content (AvgIpc) is 3.02. The zero-order valence-electron chi connectivity index (χ0n) is 15.6. The van der Waals surface area contributed by atoms with Gasteiger partial charge in [0.05, 0.1) is 12.7 Å². The summed E-state index contributed by atoms with van der Waals surface area (Å²) in [5.41, 5.74) is 2.05. The van der Waals surface area contributed by atoms with Gasteiger partial charge in [-0.05, 0) is 36.2 Å². The fourth-order valence-electron chi connectivity index (χ4n) is 3.02. The third-order valence-corrected chi connectivity index (χ3v) is 4.20. The Labute approximate surface area is 155 Å². The van der Waals surface area contributed by atoms with E-state index in [-0.39, 0.29) is 5.82 Å². The number of aromatic nitrogens is 1. The molecular weight excluding hydrogens is 335 g/mol. The van der Waals surface area contributed by atoms with Crippen LogP contribution in [0.3, 0.4) is 0 Å². The van der Waals surface area contributed by atoms with E-state index >= 15 is 0 Å². The third kappa shape index (κ3) is 6.88. The van der Waals surface area contributed by atoms with Gasteiger partial charge in [-0.3, -0.25) is 4.90 Å². The lowest BCUT2D eigenvalue weighted by atomic mass is 10.2. The van der Waals surface area contributed by atoms with E-state index in [1.54, 1.807) is 26.4 Å². The van der Waals surface area contributed by atoms with E-state index in [1.807, 2.05) is 18.3 Å². The van der Waals surface area contributed by atoms with Crippen LogP contribution in [-0.2, 0) is 22.6 Å². The molecule has 5 nitrogen and oxygen atoms in total. The molecule has 0 bridgehead atoms. The number of benzene rings is 1. The van der Waals surface area contributed by atoms with Gasteiger partial charge in [0.1, 0.15) is 5.82 Å². The maximum absolute atomic E-state index is 13.4. The number of halogens is 1. The van der Waals surface area contributed by atoms with Gasteiger partial charge in [0.15, 0.2) is 0 Å². The molecule has 2 rings (SSSR count). The van der Waals surface area contributed by atoms with Crippen LogP contribution in [-0.4, -0.2) is 61.2 Å².